The third-order valence-corrected chi connectivity index (χ3v) is 5.18. The fourth-order valence-electron chi connectivity index (χ4n) is 3.92. The van der Waals surface area contributed by atoms with Crippen LogP contribution in [0.2, 0.25) is 0 Å². The van der Waals surface area contributed by atoms with Crippen LogP contribution in [-0.4, -0.2) is 33.6 Å². The van der Waals surface area contributed by atoms with Crippen LogP contribution in [0.15, 0.2) is 11.6 Å². The van der Waals surface area contributed by atoms with Crippen LogP contribution >= 0.6 is 0 Å². The Morgan fingerprint density at radius 2 is 2.06 bits per heavy atom. The number of aliphatic hydroxyl groups excluding tert-OH is 2. The molecule has 0 amide bonds. The largest absolute Gasteiger partial charge is 0.390 e. The monoisotopic (exact) mass is 238 g/mol. The van der Waals surface area contributed by atoms with Crippen molar-refractivity contribution in [1.82, 2.24) is 0 Å². The van der Waals surface area contributed by atoms with E-state index < -0.39 is 11.7 Å². The van der Waals surface area contributed by atoms with Gasteiger partial charge in [-0.3, -0.25) is 0 Å². The van der Waals surface area contributed by atoms with E-state index in [0.717, 1.165) is 18.4 Å². The summed E-state index contributed by atoms with van der Waals surface area (Å²) in [5, 5.41) is 20.4. The zero-order valence-electron chi connectivity index (χ0n) is 10.8. The maximum absolute atomic E-state index is 10.4. The molecule has 1 saturated carbocycles. The maximum Gasteiger partial charge on any atom is 0.0991 e. The van der Waals surface area contributed by atoms with E-state index in [-0.39, 0.29) is 17.6 Å². The highest BCUT2D eigenvalue weighted by Gasteiger charge is 2.62. The molecule has 0 aromatic heterocycles. The lowest BCUT2D eigenvalue weighted by atomic mass is 9.80. The van der Waals surface area contributed by atoms with Crippen molar-refractivity contribution in [3.05, 3.63) is 11.6 Å². The molecule has 2 fully saturated rings. The Kier molecular flexibility index (Phi) is 2.30. The first kappa shape index (κ1) is 11.7. The minimum absolute atomic E-state index is 0.196. The van der Waals surface area contributed by atoms with Gasteiger partial charge in [0, 0.05) is 12.3 Å². The van der Waals surface area contributed by atoms with Crippen molar-refractivity contribution in [1.29, 1.82) is 0 Å². The predicted octanol–water partition coefficient (Wildman–Crippen LogP) is 1.63. The van der Waals surface area contributed by atoms with Gasteiger partial charge in [0.25, 0.3) is 0 Å². The Bertz CT molecular complexity index is 376. The smallest absolute Gasteiger partial charge is 0.0991 e. The Hall–Kier alpha value is -0.380. The lowest BCUT2D eigenvalue weighted by Crippen LogP contribution is -2.48. The first-order valence-corrected chi connectivity index (χ1v) is 6.68. The number of hydrogen-bond donors (Lipinski definition) is 2. The molecule has 3 heteroatoms. The van der Waals surface area contributed by atoms with Gasteiger partial charge in [-0.15, -0.1) is 0 Å². The maximum atomic E-state index is 10.4. The molecule has 0 aromatic carbocycles. The highest BCUT2D eigenvalue weighted by molar-refractivity contribution is 5.33. The zero-order valence-corrected chi connectivity index (χ0v) is 10.8. The van der Waals surface area contributed by atoms with Gasteiger partial charge in [0.2, 0.25) is 0 Å². The molecule has 1 aliphatic carbocycles. The van der Waals surface area contributed by atoms with E-state index in [4.69, 9.17) is 4.74 Å². The standard InChI is InChI=1S/C14H22O3/c1-8(2)14-6-9-10(4-5-11(9)15)13(3,17-14)12(16)7-14/h6,8,10-12,15-16H,4-5,7H2,1-3H3/t10-,11+,12-,13+,14-/m1/s1. The summed E-state index contributed by atoms with van der Waals surface area (Å²) in [4.78, 5) is 0. The summed E-state index contributed by atoms with van der Waals surface area (Å²) in [5.41, 5.74) is 0.251. The van der Waals surface area contributed by atoms with Gasteiger partial charge in [-0.2, -0.15) is 0 Å². The molecule has 3 aliphatic rings. The van der Waals surface area contributed by atoms with Gasteiger partial charge in [-0.05, 0) is 31.3 Å². The lowest BCUT2D eigenvalue weighted by molar-refractivity contribution is -0.144. The average Bonchev–Trinajstić information content (AvgIpc) is 2.69. The topological polar surface area (TPSA) is 49.7 Å². The highest BCUT2D eigenvalue weighted by atomic mass is 16.5. The normalized spacial score (nSPS) is 52.8. The highest BCUT2D eigenvalue weighted by Crippen LogP contribution is 2.57. The Morgan fingerprint density at radius 1 is 1.35 bits per heavy atom. The number of hydrogen-bond acceptors (Lipinski definition) is 3. The molecular formula is C14H22O3. The van der Waals surface area contributed by atoms with Crippen molar-refractivity contribution in [2.75, 3.05) is 0 Å². The minimum Gasteiger partial charge on any atom is -0.390 e. The molecule has 0 unspecified atom stereocenters. The molecule has 0 radical (unpaired) electrons. The molecule has 96 valence electrons. The van der Waals surface area contributed by atoms with Crippen LogP contribution in [0.1, 0.15) is 40.0 Å². The quantitative estimate of drug-likeness (QED) is 0.683. The molecule has 17 heavy (non-hydrogen) atoms. The Balaban J connectivity index is 2.11. The van der Waals surface area contributed by atoms with E-state index in [2.05, 4.69) is 19.9 Å². The van der Waals surface area contributed by atoms with Crippen LogP contribution in [0.5, 0.6) is 0 Å². The number of ether oxygens (including phenoxy) is 1. The summed E-state index contributed by atoms with van der Waals surface area (Å²) in [6, 6.07) is 0. The Labute approximate surface area is 102 Å². The molecular weight excluding hydrogens is 216 g/mol. The van der Waals surface area contributed by atoms with E-state index in [1.807, 2.05) is 6.92 Å². The average molecular weight is 238 g/mol. The van der Waals surface area contributed by atoms with Gasteiger partial charge in [0.05, 0.1) is 23.4 Å². The molecule has 1 saturated heterocycles. The van der Waals surface area contributed by atoms with Gasteiger partial charge < -0.3 is 14.9 Å². The molecule has 3 rings (SSSR count). The van der Waals surface area contributed by atoms with Gasteiger partial charge in [-0.25, -0.2) is 0 Å². The summed E-state index contributed by atoms with van der Waals surface area (Å²) in [6.45, 7) is 6.26. The number of rotatable bonds is 1. The third-order valence-electron chi connectivity index (χ3n) is 5.18. The van der Waals surface area contributed by atoms with Gasteiger partial charge in [-0.1, -0.05) is 19.9 Å². The second kappa shape index (κ2) is 3.34. The third kappa shape index (κ3) is 1.33. The number of aliphatic hydroxyl groups is 2. The van der Waals surface area contributed by atoms with E-state index in [1.165, 1.54) is 0 Å². The predicted molar refractivity (Wildman–Crippen MR) is 64.5 cm³/mol. The second-order valence-electron chi connectivity index (χ2n) is 6.41. The summed E-state index contributed by atoms with van der Waals surface area (Å²) in [7, 11) is 0. The van der Waals surface area contributed by atoms with E-state index in [1.54, 1.807) is 0 Å². The van der Waals surface area contributed by atoms with Crippen LogP contribution in [0.25, 0.3) is 0 Å². The van der Waals surface area contributed by atoms with Crippen LogP contribution in [0.3, 0.4) is 0 Å². The fraction of sp³-hybridized carbons (Fsp3) is 0.857. The van der Waals surface area contributed by atoms with Crippen LogP contribution in [0.4, 0.5) is 0 Å². The van der Waals surface area contributed by atoms with Crippen molar-refractivity contribution < 1.29 is 14.9 Å². The van der Waals surface area contributed by atoms with Crippen molar-refractivity contribution in [3.63, 3.8) is 0 Å². The van der Waals surface area contributed by atoms with Gasteiger partial charge >= 0.3 is 0 Å². The lowest BCUT2D eigenvalue weighted by Gasteiger charge is -2.43. The number of fused-ring (bicyclic) bond motifs is 4. The Morgan fingerprint density at radius 3 is 2.71 bits per heavy atom. The van der Waals surface area contributed by atoms with Crippen molar-refractivity contribution >= 4 is 0 Å². The fourth-order valence-corrected chi connectivity index (χ4v) is 3.92. The summed E-state index contributed by atoms with van der Waals surface area (Å²) >= 11 is 0. The SMILES string of the molecule is CC(C)[C@]12C=C3[C@@H](CC[C@@H]3O)[C@](C)(O1)[C@H](O)C2. The van der Waals surface area contributed by atoms with Crippen LogP contribution in [0, 0.1) is 11.8 Å². The van der Waals surface area contributed by atoms with Crippen molar-refractivity contribution in [2.45, 2.75) is 63.4 Å². The molecule has 2 N–H and O–H groups in total. The summed E-state index contributed by atoms with van der Waals surface area (Å²) < 4.78 is 6.27. The molecule has 2 aliphatic heterocycles. The first-order valence-electron chi connectivity index (χ1n) is 6.68. The van der Waals surface area contributed by atoms with Gasteiger partial charge in [0.1, 0.15) is 0 Å². The second-order valence-corrected chi connectivity index (χ2v) is 6.41. The molecule has 0 aromatic rings. The van der Waals surface area contributed by atoms with E-state index in [0.29, 0.717) is 12.3 Å². The van der Waals surface area contributed by atoms with Crippen LogP contribution in [-0.2, 0) is 4.74 Å². The minimum atomic E-state index is -0.494. The molecule has 3 nitrogen and oxygen atoms in total. The summed E-state index contributed by atoms with van der Waals surface area (Å²) in [6.07, 6.45) is 3.76. The molecule has 2 heterocycles. The molecule has 0 spiro atoms. The van der Waals surface area contributed by atoms with Crippen molar-refractivity contribution in [2.24, 2.45) is 11.8 Å². The van der Waals surface area contributed by atoms with Crippen molar-refractivity contribution in [3.8, 4) is 0 Å². The van der Waals surface area contributed by atoms with Crippen LogP contribution < -0.4 is 0 Å². The zero-order chi connectivity index (χ0) is 12.4. The van der Waals surface area contributed by atoms with E-state index >= 15 is 0 Å². The summed E-state index contributed by atoms with van der Waals surface area (Å²) in [5.74, 6) is 0.516. The van der Waals surface area contributed by atoms with Gasteiger partial charge in [0.15, 0.2) is 0 Å². The van der Waals surface area contributed by atoms with E-state index in [9.17, 15) is 10.2 Å². The first-order chi connectivity index (χ1) is 7.89. The molecule has 5 atom stereocenters. The molecule has 2 bridgehead atoms.